The van der Waals surface area contributed by atoms with Crippen LogP contribution in [0.1, 0.15) is 31.1 Å². The fourth-order valence-corrected chi connectivity index (χ4v) is 4.73. The summed E-state index contributed by atoms with van der Waals surface area (Å²) < 4.78 is 26.7. The van der Waals surface area contributed by atoms with Crippen LogP contribution in [-0.4, -0.2) is 32.4 Å². The molecule has 4 nitrogen and oxygen atoms in total. The number of thiophene rings is 1. The van der Waals surface area contributed by atoms with Gasteiger partial charge in [-0.25, -0.2) is 8.42 Å². The minimum Gasteiger partial charge on any atom is -0.312 e. The standard InChI is InChI=1S/C15H22N2O2S2/c1-3-7-16-10-14-9-15(12-20-14)21(18,19)17(8-4-2)11-13-5-6-13/h2,9,12-13,16H,3,5-8,10-11H2,1H3. The number of rotatable bonds is 9. The molecule has 0 aromatic carbocycles. The van der Waals surface area contributed by atoms with E-state index in [1.807, 2.05) is 0 Å². The van der Waals surface area contributed by atoms with Gasteiger partial charge in [0.15, 0.2) is 0 Å². The lowest BCUT2D eigenvalue weighted by atomic mass is 10.4. The van der Waals surface area contributed by atoms with E-state index in [9.17, 15) is 8.42 Å². The van der Waals surface area contributed by atoms with Gasteiger partial charge in [0.05, 0.1) is 11.4 Å². The number of nitrogens with zero attached hydrogens (tertiary/aromatic N) is 1. The highest BCUT2D eigenvalue weighted by Gasteiger charge is 2.31. The van der Waals surface area contributed by atoms with Crippen molar-refractivity contribution in [3.05, 3.63) is 16.3 Å². The van der Waals surface area contributed by atoms with Crippen LogP contribution < -0.4 is 5.32 Å². The Morgan fingerprint density at radius 3 is 2.90 bits per heavy atom. The molecule has 21 heavy (non-hydrogen) atoms. The average molecular weight is 326 g/mol. The molecule has 1 aliphatic rings. The summed E-state index contributed by atoms with van der Waals surface area (Å²) in [5.41, 5.74) is 0. The fourth-order valence-electron chi connectivity index (χ4n) is 2.06. The van der Waals surface area contributed by atoms with Crippen LogP contribution in [0, 0.1) is 18.3 Å². The average Bonchev–Trinajstić information content (AvgIpc) is 3.14. The molecule has 0 saturated heterocycles. The van der Waals surface area contributed by atoms with Crippen molar-refractivity contribution >= 4 is 21.4 Å². The van der Waals surface area contributed by atoms with Gasteiger partial charge in [-0.15, -0.1) is 17.8 Å². The minimum absolute atomic E-state index is 0.151. The van der Waals surface area contributed by atoms with Gasteiger partial charge in [-0.1, -0.05) is 12.8 Å². The lowest BCUT2D eigenvalue weighted by Gasteiger charge is -2.18. The summed E-state index contributed by atoms with van der Waals surface area (Å²) in [7, 11) is -3.45. The van der Waals surface area contributed by atoms with Crippen molar-refractivity contribution in [2.75, 3.05) is 19.6 Å². The summed E-state index contributed by atoms with van der Waals surface area (Å²) >= 11 is 1.48. The molecule has 1 aromatic heterocycles. The zero-order chi connectivity index (χ0) is 15.3. The molecular formula is C15H22N2O2S2. The first kappa shape index (κ1) is 16.5. The van der Waals surface area contributed by atoms with Gasteiger partial charge in [0.1, 0.15) is 0 Å². The largest absolute Gasteiger partial charge is 0.312 e. The van der Waals surface area contributed by atoms with Gasteiger partial charge in [-0.3, -0.25) is 0 Å². The lowest BCUT2D eigenvalue weighted by molar-refractivity contribution is 0.430. The third kappa shape index (κ3) is 4.55. The number of hydrogen-bond donors (Lipinski definition) is 1. The van der Waals surface area contributed by atoms with E-state index in [-0.39, 0.29) is 6.54 Å². The second kappa shape index (κ2) is 7.41. The second-order valence-corrected chi connectivity index (χ2v) is 8.30. The highest BCUT2D eigenvalue weighted by molar-refractivity contribution is 7.89. The number of sulfonamides is 1. The van der Waals surface area contributed by atoms with E-state index in [1.165, 1.54) is 15.6 Å². The van der Waals surface area contributed by atoms with Crippen molar-refractivity contribution in [1.82, 2.24) is 9.62 Å². The Morgan fingerprint density at radius 2 is 2.29 bits per heavy atom. The Balaban J connectivity index is 2.07. The molecule has 0 bridgehead atoms. The normalized spacial score (nSPS) is 15.3. The molecule has 0 amide bonds. The molecule has 1 heterocycles. The van der Waals surface area contributed by atoms with Crippen molar-refractivity contribution < 1.29 is 8.42 Å². The molecule has 1 aromatic rings. The Hall–Kier alpha value is -0.870. The number of nitrogens with one attached hydrogen (secondary N) is 1. The summed E-state index contributed by atoms with van der Waals surface area (Å²) in [5, 5.41) is 5.00. The monoisotopic (exact) mass is 326 g/mol. The van der Waals surface area contributed by atoms with Crippen LogP contribution in [0.15, 0.2) is 16.3 Å². The van der Waals surface area contributed by atoms with Crippen LogP contribution in [0.3, 0.4) is 0 Å². The Labute approximate surface area is 131 Å². The molecular weight excluding hydrogens is 304 g/mol. The van der Waals surface area contributed by atoms with E-state index in [2.05, 4.69) is 18.2 Å². The van der Waals surface area contributed by atoms with Gasteiger partial charge in [-0.2, -0.15) is 4.31 Å². The van der Waals surface area contributed by atoms with Crippen molar-refractivity contribution in [1.29, 1.82) is 0 Å². The lowest BCUT2D eigenvalue weighted by Crippen LogP contribution is -2.33. The van der Waals surface area contributed by atoms with E-state index in [1.54, 1.807) is 11.4 Å². The summed E-state index contributed by atoms with van der Waals surface area (Å²) in [6, 6.07) is 1.76. The molecule has 1 saturated carbocycles. The predicted molar refractivity (Wildman–Crippen MR) is 86.6 cm³/mol. The van der Waals surface area contributed by atoms with Gasteiger partial charge in [0.25, 0.3) is 0 Å². The highest BCUT2D eigenvalue weighted by Crippen LogP contribution is 2.32. The topological polar surface area (TPSA) is 49.4 Å². The molecule has 0 atom stereocenters. The summed E-state index contributed by atoms with van der Waals surface area (Å²) in [6.07, 6.45) is 8.59. The maximum absolute atomic E-state index is 12.6. The van der Waals surface area contributed by atoms with Gasteiger partial charge < -0.3 is 5.32 Å². The van der Waals surface area contributed by atoms with Crippen LogP contribution in [0.25, 0.3) is 0 Å². The Kier molecular flexibility index (Phi) is 5.82. The van der Waals surface area contributed by atoms with E-state index >= 15 is 0 Å². The Bertz CT molecular complexity index is 597. The first-order valence-corrected chi connectivity index (χ1v) is 9.61. The van der Waals surface area contributed by atoms with Crippen molar-refractivity contribution in [3.8, 4) is 12.3 Å². The van der Waals surface area contributed by atoms with Crippen molar-refractivity contribution in [2.24, 2.45) is 5.92 Å². The smallest absolute Gasteiger partial charge is 0.244 e. The predicted octanol–water partition coefficient (Wildman–Crippen LogP) is 2.28. The van der Waals surface area contributed by atoms with Gasteiger partial charge in [0, 0.05) is 23.3 Å². The zero-order valence-corrected chi connectivity index (χ0v) is 14.0. The molecule has 1 fully saturated rings. The van der Waals surface area contributed by atoms with E-state index < -0.39 is 10.0 Å². The zero-order valence-electron chi connectivity index (χ0n) is 12.3. The molecule has 1 aliphatic carbocycles. The van der Waals surface area contributed by atoms with E-state index in [0.29, 0.717) is 23.9 Å². The van der Waals surface area contributed by atoms with Crippen molar-refractivity contribution in [2.45, 2.75) is 37.6 Å². The Morgan fingerprint density at radius 1 is 1.52 bits per heavy atom. The van der Waals surface area contributed by atoms with Crippen LogP contribution in [0.5, 0.6) is 0 Å². The van der Waals surface area contributed by atoms with Crippen molar-refractivity contribution in [3.63, 3.8) is 0 Å². The molecule has 0 unspecified atom stereocenters. The molecule has 2 rings (SSSR count). The van der Waals surface area contributed by atoms with Gasteiger partial charge in [-0.05, 0) is 37.8 Å². The molecule has 1 N–H and O–H groups in total. The SMILES string of the molecule is C#CCN(CC1CC1)S(=O)(=O)c1csc(CNCCC)c1. The first-order valence-electron chi connectivity index (χ1n) is 7.29. The second-order valence-electron chi connectivity index (χ2n) is 5.37. The van der Waals surface area contributed by atoms with Crippen LogP contribution >= 0.6 is 11.3 Å². The quantitative estimate of drug-likeness (QED) is 0.559. The highest BCUT2D eigenvalue weighted by atomic mass is 32.2. The van der Waals surface area contributed by atoms with Crippen LogP contribution in [0.2, 0.25) is 0 Å². The maximum atomic E-state index is 12.6. The first-order chi connectivity index (χ1) is 10.1. The minimum atomic E-state index is -3.45. The third-order valence-electron chi connectivity index (χ3n) is 3.42. The summed E-state index contributed by atoms with van der Waals surface area (Å²) in [4.78, 5) is 1.41. The van der Waals surface area contributed by atoms with E-state index in [0.717, 1.165) is 30.7 Å². The van der Waals surface area contributed by atoms with E-state index in [4.69, 9.17) is 6.42 Å². The van der Waals surface area contributed by atoms with Gasteiger partial charge >= 0.3 is 0 Å². The molecule has 6 heteroatoms. The molecule has 0 radical (unpaired) electrons. The number of terminal acetylenes is 1. The maximum Gasteiger partial charge on any atom is 0.244 e. The van der Waals surface area contributed by atoms with Crippen LogP contribution in [-0.2, 0) is 16.6 Å². The number of hydrogen-bond acceptors (Lipinski definition) is 4. The van der Waals surface area contributed by atoms with Gasteiger partial charge in [0.2, 0.25) is 10.0 Å². The summed E-state index contributed by atoms with van der Waals surface area (Å²) in [5.74, 6) is 2.95. The molecule has 0 spiro atoms. The summed E-state index contributed by atoms with van der Waals surface area (Å²) in [6.45, 7) is 4.45. The van der Waals surface area contributed by atoms with Crippen LogP contribution in [0.4, 0.5) is 0 Å². The fraction of sp³-hybridized carbons (Fsp3) is 0.600. The third-order valence-corrected chi connectivity index (χ3v) is 6.30. The molecule has 116 valence electrons. The molecule has 0 aliphatic heterocycles.